The number of phenols is 1. The van der Waals surface area contributed by atoms with E-state index < -0.39 is 0 Å². The number of carbonyl (C=O) groups is 1. The van der Waals surface area contributed by atoms with Gasteiger partial charge < -0.3 is 19.5 Å². The van der Waals surface area contributed by atoms with Gasteiger partial charge in [0.1, 0.15) is 5.75 Å². The highest BCUT2D eigenvalue weighted by Gasteiger charge is 2.12. The number of nitrogens with zero attached hydrogens (tertiary/aromatic N) is 1. The van der Waals surface area contributed by atoms with Crippen LogP contribution < -0.4 is 9.47 Å². The lowest BCUT2D eigenvalue weighted by Crippen LogP contribution is -2.24. The molecular formula is C19H22BrNO4. The minimum atomic E-state index is 0.283. The standard InChI is InChI=1S/C19H22BrNO4/c1-13-8-14(4-5-17(13)23)6-7-21(12-22)11-15-9-18(24-2)19(25-3)10-16(15)20/h4-5,8-10,12,23H,6-7,11H2,1-3H3. The monoisotopic (exact) mass is 407 g/mol. The summed E-state index contributed by atoms with van der Waals surface area (Å²) in [6.07, 6.45) is 1.56. The van der Waals surface area contributed by atoms with Crippen LogP contribution in [0.25, 0.3) is 0 Å². The van der Waals surface area contributed by atoms with E-state index in [1.807, 2.05) is 31.2 Å². The van der Waals surface area contributed by atoms with Crippen molar-refractivity contribution >= 4 is 22.3 Å². The molecule has 25 heavy (non-hydrogen) atoms. The first-order chi connectivity index (χ1) is 12.0. The summed E-state index contributed by atoms with van der Waals surface area (Å²) in [5, 5.41) is 9.59. The number of carbonyl (C=O) groups excluding carboxylic acids is 1. The van der Waals surface area contributed by atoms with Crippen molar-refractivity contribution < 1.29 is 19.4 Å². The van der Waals surface area contributed by atoms with Crippen molar-refractivity contribution in [3.8, 4) is 17.2 Å². The third-order valence-electron chi connectivity index (χ3n) is 4.02. The van der Waals surface area contributed by atoms with E-state index in [0.717, 1.165) is 27.6 Å². The van der Waals surface area contributed by atoms with Gasteiger partial charge in [-0.3, -0.25) is 4.79 Å². The number of phenolic OH excluding ortho intramolecular Hbond substituents is 1. The second-order valence-corrected chi connectivity index (χ2v) is 6.60. The average Bonchev–Trinajstić information content (AvgIpc) is 2.62. The summed E-state index contributed by atoms with van der Waals surface area (Å²) in [5.41, 5.74) is 2.85. The van der Waals surface area contributed by atoms with E-state index in [1.165, 1.54) is 0 Å². The molecule has 2 rings (SSSR count). The Morgan fingerprint density at radius 3 is 2.44 bits per heavy atom. The Labute approximate surface area is 156 Å². The predicted octanol–water partition coefficient (Wildman–Crippen LogP) is 3.68. The van der Waals surface area contributed by atoms with Crippen LogP contribution in [0.15, 0.2) is 34.8 Å². The highest BCUT2D eigenvalue weighted by molar-refractivity contribution is 9.10. The molecule has 0 aromatic heterocycles. The summed E-state index contributed by atoms with van der Waals surface area (Å²) >= 11 is 3.52. The van der Waals surface area contributed by atoms with E-state index in [9.17, 15) is 9.90 Å². The third kappa shape index (κ3) is 4.89. The van der Waals surface area contributed by atoms with Gasteiger partial charge in [-0.1, -0.05) is 28.1 Å². The number of methoxy groups -OCH3 is 2. The Bertz CT molecular complexity index is 748. The van der Waals surface area contributed by atoms with Crippen LogP contribution in [0.2, 0.25) is 0 Å². The van der Waals surface area contributed by atoms with Gasteiger partial charge in [0.05, 0.1) is 14.2 Å². The molecule has 0 fully saturated rings. The van der Waals surface area contributed by atoms with Gasteiger partial charge in [-0.2, -0.15) is 0 Å². The van der Waals surface area contributed by atoms with Gasteiger partial charge in [0, 0.05) is 17.6 Å². The van der Waals surface area contributed by atoms with Crippen LogP contribution in [-0.2, 0) is 17.8 Å². The average molecular weight is 408 g/mol. The van der Waals surface area contributed by atoms with Crippen LogP contribution >= 0.6 is 15.9 Å². The van der Waals surface area contributed by atoms with E-state index in [2.05, 4.69) is 15.9 Å². The Kier molecular flexibility index (Phi) is 6.70. The fraction of sp³-hybridized carbons (Fsp3) is 0.316. The molecule has 0 heterocycles. The quantitative estimate of drug-likeness (QED) is 0.677. The van der Waals surface area contributed by atoms with Gasteiger partial charge in [-0.25, -0.2) is 0 Å². The summed E-state index contributed by atoms with van der Waals surface area (Å²) in [6, 6.07) is 9.19. The smallest absolute Gasteiger partial charge is 0.210 e. The molecule has 2 aromatic carbocycles. The van der Waals surface area contributed by atoms with Crippen LogP contribution in [0, 0.1) is 6.92 Å². The molecule has 0 radical (unpaired) electrons. The maximum absolute atomic E-state index is 11.5. The summed E-state index contributed by atoms with van der Waals surface area (Å²) < 4.78 is 11.5. The Morgan fingerprint density at radius 2 is 1.84 bits per heavy atom. The van der Waals surface area contributed by atoms with E-state index >= 15 is 0 Å². The number of hydrogen-bond acceptors (Lipinski definition) is 4. The summed E-state index contributed by atoms with van der Waals surface area (Å²) in [5.74, 6) is 1.54. The summed E-state index contributed by atoms with van der Waals surface area (Å²) in [6.45, 7) is 2.90. The lowest BCUT2D eigenvalue weighted by atomic mass is 10.1. The largest absolute Gasteiger partial charge is 0.508 e. The number of aryl methyl sites for hydroxylation is 1. The van der Waals surface area contributed by atoms with Crippen molar-refractivity contribution in [2.24, 2.45) is 0 Å². The Morgan fingerprint density at radius 1 is 1.16 bits per heavy atom. The lowest BCUT2D eigenvalue weighted by molar-refractivity contribution is -0.118. The number of halogens is 1. The van der Waals surface area contributed by atoms with Crippen LogP contribution in [-0.4, -0.2) is 37.2 Å². The molecule has 0 aliphatic rings. The molecule has 0 unspecified atom stereocenters. The van der Waals surface area contributed by atoms with Crippen LogP contribution in [0.1, 0.15) is 16.7 Å². The van der Waals surface area contributed by atoms with Crippen LogP contribution in [0.3, 0.4) is 0 Å². The fourth-order valence-corrected chi connectivity index (χ4v) is 3.00. The number of aromatic hydroxyl groups is 1. The van der Waals surface area contributed by atoms with Crippen molar-refractivity contribution in [3.63, 3.8) is 0 Å². The normalized spacial score (nSPS) is 10.4. The second-order valence-electron chi connectivity index (χ2n) is 5.75. The number of amides is 1. The van der Waals surface area contributed by atoms with E-state index in [0.29, 0.717) is 31.0 Å². The molecule has 0 atom stereocenters. The number of hydrogen-bond donors (Lipinski definition) is 1. The first-order valence-corrected chi connectivity index (χ1v) is 8.66. The van der Waals surface area contributed by atoms with Gasteiger partial charge in [-0.15, -0.1) is 0 Å². The Hall–Kier alpha value is -2.21. The predicted molar refractivity (Wildman–Crippen MR) is 100 cm³/mol. The third-order valence-corrected chi connectivity index (χ3v) is 4.76. The molecule has 0 saturated carbocycles. The number of benzene rings is 2. The van der Waals surface area contributed by atoms with Crippen molar-refractivity contribution in [1.29, 1.82) is 0 Å². The molecule has 1 N–H and O–H groups in total. The maximum Gasteiger partial charge on any atom is 0.210 e. The van der Waals surface area contributed by atoms with Gasteiger partial charge in [0.25, 0.3) is 0 Å². The molecule has 5 nitrogen and oxygen atoms in total. The van der Waals surface area contributed by atoms with E-state index in [4.69, 9.17) is 9.47 Å². The zero-order valence-electron chi connectivity index (χ0n) is 14.6. The second kappa shape index (κ2) is 8.76. The molecule has 0 aliphatic heterocycles. The zero-order chi connectivity index (χ0) is 18.4. The molecule has 6 heteroatoms. The summed E-state index contributed by atoms with van der Waals surface area (Å²) in [7, 11) is 3.17. The van der Waals surface area contributed by atoms with Crippen molar-refractivity contribution in [2.75, 3.05) is 20.8 Å². The molecule has 0 spiro atoms. The van der Waals surface area contributed by atoms with Gasteiger partial charge in [0.15, 0.2) is 11.5 Å². The molecule has 0 bridgehead atoms. The summed E-state index contributed by atoms with van der Waals surface area (Å²) in [4.78, 5) is 13.2. The minimum absolute atomic E-state index is 0.283. The zero-order valence-corrected chi connectivity index (χ0v) is 16.2. The lowest BCUT2D eigenvalue weighted by Gasteiger charge is -2.20. The first kappa shape index (κ1) is 19.1. The van der Waals surface area contributed by atoms with E-state index in [1.54, 1.807) is 25.2 Å². The van der Waals surface area contributed by atoms with E-state index in [-0.39, 0.29) is 5.75 Å². The maximum atomic E-state index is 11.5. The molecule has 0 saturated heterocycles. The Balaban J connectivity index is 2.08. The molecule has 0 aliphatic carbocycles. The molecule has 1 amide bonds. The minimum Gasteiger partial charge on any atom is -0.508 e. The van der Waals surface area contributed by atoms with Gasteiger partial charge >= 0.3 is 0 Å². The van der Waals surface area contributed by atoms with Crippen molar-refractivity contribution in [3.05, 3.63) is 51.5 Å². The van der Waals surface area contributed by atoms with Gasteiger partial charge in [-0.05, 0) is 48.2 Å². The highest BCUT2D eigenvalue weighted by Crippen LogP contribution is 2.33. The van der Waals surface area contributed by atoms with Crippen LogP contribution in [0.4, 0.5) is 0 Å². The number of ether oxygens (including phenoxy) is 2. The number of rotatable bonds is 8. The molecular weight excluding hydrogens is 386 g/mol. The van der Waals surface area contributed by atoms with Gasteiger partial charge in [0.2, 0.25) is 6.41 Å². The van der Waals surface area contributed by atoms with Crippen molar-refractivity contribution in [1.82, 2.24) is 4.90 Å². The first-order valence-electron chi connectivity index (χ1n) is 7.86. The highest BCUT2D eigenvalue weighted by atomic mass is 79.9. The fourth-order valence-electron chi connectivity index (χ4n) is 2.55. The molecule has 134 valence electrons. The van der Waals surface area contributed by atoms with Crippen LogP contribution in [0.5, 0.6) is 17.2 Å². The van der Waals surface area contributed by atoms with Crippen molar-refractivity contribution in [2.45, 2.75) is 19.9 Å². The topological polar surface area (TPSA) is 59.0 Å². The SMILES string of the molecule is COc1cc(Br)c(CN(C=O)CCc2ccc(O)c(C)c2)cc1OC. The molecule has 2 aromatic rings.